The summed E-state index contributed by atoms with van der Waals surface area (Å²) in [6.07, 6.45) is -4.33. The van der Waals surface area contributed by atoms with E-state index in [2.05, 4.69) is 20.2 Å². The van der Waals surface area contributed by atoms with Crippen molar-refractivity contribution >= 4 is 47.4 Å². The van der Waals surface area contributed by atoms with Gasteiger partial charge in [0.05, 0.1) is 17.6 Å². The molecule has 0 radical (unpaired) electrons. The molecule has 7 nitrogen and oxygen atoms in total. The number of nitrogens with zero attached hydrogens (tertiary/aromatic N) is 4. The van der Waals surface area contributed by atoms with Gasteiger partial charge in [-0.15, -0.1) is 35.3 Å². The van der Waals surface area contributed by atoms with Crippen molar-refractivity contribution in [3.8, 4) is 0 Å². The van der Waals surface area contributed by atoms with Gasteiger partial charge in [0.2, 0.25) is 0 Å². The van der Waals surface area contributed by atoms with E-state index in [0.717, 1.165) is 22.7 Å². The summed E-state index contributed by atoms with van der Waals surface area (Å²) < 4.78 is 43.2. The second-order valence-corrected chi connectivity index (χ2v) is 8.68. The van der Waals surface area contributed by atoms with Crippen molar-refractivity contribution in [2.75, 3.05) is 32.7 Å². The van der Waals surface area contributed by atoms with Crippen LogP contribution in [0.25, 0.3) is 0 Å². The smallest absolute Gasteiger partial charge is 0.434 e. The van der Waals surface area contributed by atoms with Crippen LogP contribution in [0.1, 0.15) is 31.5 Å². The number of carbonyl (C=O) groups is 1. The Bertz CT molecular complexity index is 750. The normalized spacial score (nSPS) is 19.4. The number of carbonyl (C=O) groups excluding carboxylic acids is 1. The fourth-order valence-electron chi connectivity index (χ4n) is 3.06. The number of thiazole rings is 1. The molecule has 1 amide bonds. The van der Waals surface area contributed by atoms with Gasteiger partial charge in [-0.2, -0.15) is 13.2 Å². The molecule has 0 saturated carbocycles. The summed E-state index contributed by atoms with van der Waals surface area (Å²) in [4.78, 5) is 24.1. The molecule has 1 saturated heterocycles. The molecule has 2 aliphatic heterocycles. The van der Waals surface area contributed by atoms with E-state index >= 15 is 0 Å². The Balaban J connectivity index is 0.00000300. The summed E-state index contributed by atoms with van der Waals surface area (Å²) in [6, 6.07) is 0.0838. The molecule has 2 aliphatic rings. The Labute approximate surface area is 188 Å². The third-order valence-corrected chi connectivity index (χ3v) is 5.23. The van der Waals surface area contributed by atoms with E-state index in [-0.39, 0.29) is 36.1 Å². The Morgan fingerprint density at radius 1 is 1.34 bits per heavy atom. The first-order valence-electron chi connectivity index (χ1n) is 9.07. The molecule has 0 bridgehead atoms. The van der Waals surface area contributed by atoms with Gasteiger partial charge in [-0.1, -0.05) is 0 Å². The average molecular weight is 547 g/mol. The SMILES string of the molecule is CC(C)(C)OC(=O)N1CCN2C(NCCc3nc(C(F)(F)F)cs3)=NCC2C1.I. The molecule has 29 heavy (non-hydrogen) atoms. The van der Waals surface area contributed by atoms with E-state index in [9.17, 15) is 18.0 Å². The molecule has 3 rings (SSSR count). The number of amides is 1. The van der Waals surface area contributed by atoms with Crippen LogP contribution in [0.15, 0.2) is 10.4 Å². The van der Waals surface area contributed by atoms with Gasteiger partial charge in [-0.25, -0.2) is 9.78 Å². The number of guanidine groups is 1. The van der Waals surface area contributed by atoms with Crippen molar-refractivity contribution in [2.24, 2.45) is 4.99 Å². The third-order valence-electron chi connectivity index (χ3n) is 4.32. The summed E-state index contributed by atoms with van der Waals surface area (Å²) in [7, 11) is 0. The molecule has 1 aromatic rings. The number of alkyl halides is 3. The van der Waals surface area contributed by atoms with Crippen molar-refractivity contribution in [1.82, 2.24) is 20.1 Å². The molecule has 1 fully saturated rings. The van der Waals surface area contributed by atoms with E-state index in [0.29, 0.717) is 44.2 Å². The van der Waals surface area contributed by atoms with E-state index in [1.54, 1.807) is 4.90 Å². The van der Waals surface area contributed by atoms with Crippen molar-refractivity contribution < 1.29 is 22.7 Å². The standard InChI is InChI=1S/C17H24F3N5O2S.HI/c1-16(2,3)27-15(26)24-6-7-25-11(9-24)8-22-14(25)21-5-4-13-23-12(10-28-13)17(18,19)20;/h10-11H,4-9H2,1-3H3,(H,21,22);1H. The van der Waals surface area contributed by atoms with E-state index in [1.807, 2.05) is 20.8 Å². The van der Waals surface area contributed by atoms with Gasteiger partial charge in [0, 0.05) is 38.0 Å². The first-order valence-corrected chi connectivity index (χ1v) is 9.95. The maximum absolute atomic E-state index is 12.6. The largest absolute Gasteiger partial charge is 0.444 e. The average Bonchev–Trinajstić information content (AvgIpc) is 3.20. The number of halogens is 4. The summed E-state index contributed by atoms with van der Waals surface area (Å²) in [5.41, 5.74) is -1.38. The highest BCUT2D eigenvalue weighted by Gasteiger charge is 2.36. The van der Waals surface area contributed by atoms with Crippen molar-refractivity contribution in [3.05, 3.63) is 16.1 Å². The number of aromatic nitrogens is 1. The van der Waals surface area contributed by atoms with Gasteiger partial charge in [0.25, 0.3) is 0 Å². The number of ether oxygens (including phenoxy) is 1. The lowest BCUT2D eigenvalue weighted by Crippen LogP contribution is -2.57. The van der Waals surface area contributed by atoms with Crippen LogP contribution in [0.5, 0.6) is 0 Å². The zero-order valence-electron chi connectivity index (χ0n) is 16.5. The number of nitrogens with one attached hydrogen (secondary N) is 1. The summed E-state index contributed by atoms with van der Waals surface area (Å²) >= 11 is 1.01. The van der Waals surface area contributed by atoms with Crippen LogP contribution in [0, 0.1) is 0 Å². The fraction of sp³-hybridized carbons (Fsp3) is 0.706. The summed E-state index contributed by atoms with van der Waals surface area (Å²) in [5.74, 6) is 0.724. The monoisotopic (exact) mass is 547 g/mol. The maximum Gasteiger partial charge on any atom is 0.434 e. The summed E-state index contributed by atoms with van der Waals surface area (Å²) in [5, 5.41) is 4.66. The molecule has 0 aromatic carbocycles. The second-order valence-electron chi connectivity index (χ2n) is 7.74. The molecular formula is C17H25F3IN5O2S. The molecule has 1 N–H and O–H groups in total. The summed E-state index contributed by atoms with van der Waals surface area (Å²) in [6.45, 7) is 8.22. The fourth-order valence-corrected chi connectivity index (χ4v) is 3.86. The predicted molar refractivity (Wildman–Crippen MR) is 115 cm³/mol. The topological polar surface area (TPSA) is 70.1 Å². The molecule has 1 aromatic heterocycles. The third kappa shape index (κ3) is 6.33. The van der Waals surface area contributed by atoms with Crippen LogP contribution in [-0.2, 0) is 17.3 Å². The Morgan fingerprint density at radius 3 is 2.69 bits per heavy atom. The number of hydrogen-bond donors (Lipinski definition) is 1. The molecule has 0 spiro atoms. The molecule has 164 valence electrons. The zero-order valence-corrected chi connectivity index (χ0v) is 19.6. The quantitative estimate of drug-likeness (QED) is 0.589. The minimum atomic E-state index is -4.40. The Morgan fingerprint density at radius 2 is 2.07 bits per heavy atom. The number of rotatable bonds is 3. The van der Waals surface area contributed by atoms with Gasteiger partial charge >= 0.3 is 12.3 Å². The molecule has 3 heterocycles. The van der Waals surface area contributed by atoms with Gasteiger partial charge < -0.3 is 19.9 Å². The van der Waals surface area contributed by atoms with Crippen molar-refractivity contribution in [3.63, 3.8) is 0 Å². The molecule has 0 aliphatic carbocycles. The van der Waals surface area contributed by atoms with Crippen LogP contribution in [-0.4, -0.2) is 71.2 Å². The van der Waals surface area contributed by atoms with E-state index in [4.69, 9.17) is 4.74 Å². The van der Waals surface area contributed by atoms with Gasteiger partial charge in [0.1, 0.15) is 5.60 Å². The lowest BCUT2D eigenvalue weighted by molar-refractivity contribution is -0.140. The highest BCUT2D eigenvalue weighted by Crippen LogP contribution is 2.30. The van der Waals surface area contributed by atoms with Gasteiger partial charge in [-0.05, 0) is 20.8 Å². The second kappa shape index (κ2) is 9.23. The molecule has 1 unspecified atom stereocenters. The van der Waals surface area contributed by atoms with Crippen LogP contribution < -0.4 is 5.32 Å². The van der Waals surface area contributed by atoms with Crippen LogP contribution in [0.4, 0.5) is 18.0 Å². The number of piperazine rings is 1. The van der Waals surface area contributed by atoms with Crippen LogP contribution >= 0.6 is 35.3 Å². The van der Waals surface area contributed by atoms with Gasteiger partial charge in [-0.3, -0.25) is 4.99 Å². The number of hydrogen-bond acceptors (Lipinski definition) is 7. The molecule has 1 atom stereocenters. The molecule has 12 heteroatoms. The van der Waals surface area contributed by atoms with Crippen molar-refractivity contribution in [1.29, 1.82) is 0 Å². The van der Waals surface area contributed by atoms with Gasteiger partial charge in [0.15, 0.2) is 11.7 Å². The molecular weight excluding hydrogens is 522 g/mol. The number of fused-ring (bicyclic) bond motifs is 1. The van der Waals surface area contributed by atoms with Crippen LogP contribution in [0.2, 0.25) is 0 Å². The highest BCUT2D eigenvalue weighted by atomic mass is 127. The number of aliphatic imine (C=N–C) groups is 1. The Kier molecular flexibility index (Phi) is 7.63. The van der Waals surface area contributed by atoms with E-state index in [1.165, 1.54) is 0 Å². The lowest BCUT2D eigenvalue weighted by atomic mass is 10.2. The zero-order chi connectivity index (χ0) is 20.5. The maximum atomic E-state index is 12.6. The first-order chi connectivity index (χ1) is 13.0. The predicted octanol–water partition coefficient (Wildman–Crippen LogP) is 3.20. The van der Waals surface area contributed by atoms with Crippen LogP contribution in [0.3, 0.4) is 0 Å². The van der Waals surface area contributed by atoms with E-state index < -0.39 is 17.5 Å². The minimum Gasteiger partial charge on any atom is -0.444 e. The lowest BCUT2D eigenvalue weighted by Gasteiger charge is -2.39. The minimum absolute atomic E-state index is 0. The first kappa shape index (κ1) is 24.0. The van der Waals surface area contributed by atoms with Crippen molar-refractivity contribution in [2.45, 2.75) is 45.0 Å². The highest BCUT2D eigenvalue weighted by molar-refractivity contribution is 14.0. The Hall–Kier alpha value is -1.31.